The molecule has 0 spiro atoms. The van der Waals surface area contributed by atoms with E-state index in [0.29, 0.717) is 0 Å². The molecule has 1 aromatic heterocycles. The SMILES string of the molecule is COC(=O)Cn1c(O)c[nH]c1=O. The van der Waals surface area contributed by atoms with E-state index in [1.165, 1.54) is 7.11 Å². The van der Waals surface area contributed by atoms with Crippen molar-refractivity contribution in [2.24, 2.45) is 0 Å². The number of nitrogens with one attached hydrogen (secondary N) is 1. The lowest BCUT2D eigenvalue weighted by Crippen LogP contribution is -2.22. The molecule has 2 N–H and O–H groups in total. The number of nitrogens with zero attached hydrogens (tertiary/aromatic N) is 1. The first-order chi connectivity index (χ1) is 5.65. The summed E-state index contributed by atoms with van der Waals surface area (Å²) in [5.41, 5.74) is -0.544. The molecule has 0 bridgehead atoms. The highest BCUT2D eigenvalue weighted by Crippen LogP contribution is 2.01. The molecule has 66 valence electrons. The lowest BCUT2D eigenvalue weighted by atomic mass is 10.6. The number of aromatic nitrogens is 2. The summed E-state index contributed by atoms with van der Waals surface area (Å²) in [6, 6.07) is 0. The van der Waals surface area contributed by atoms with E-state index in [1.807, 2.05) is 0 Å². The highest BCUT2D eigenvalue weighted by molar-refractivity contribution is 5.69. The normalized spacial score (nSPS) is 9.75. The lowest BCUT2D eigenvalue weighted by molar-refractivity contribution is -0.141. The minimum atomic E-state index is -0.591. The van der Waals surface area contributed by atoms with Crippen LogP contribution in [0.3, 0.4) is 0 Å². The van der Waals surface area contributed by atoms with Crippen LogP contribution < -0.4 is 5.69 Å². The molecule has 0 unspecified atom stereocenters. The largest absolute Gasteiger partial charge is 0.493 e. The standard InChI is InChI=1S/C6H8N2O4/c1-12-5(10)3-8-4(9)2-7-6(8)11/h2,9H,3H2,1H3,(H,7,11). The molecule has 1 heterocycles. The average Bonchev–Trinajstić information content (AvgIpc) is 2.35. The Morgan fingerprint density at radius 1 is 1.83 bits per heavy atom. The number of H-pyrrole nitrogens is 1. The van der Waals surface area contributed by atoms with Crippen LogP contribution in [0.25, 0.3) is 0 Å². The van der Waals surface area contributed by atoms with Gasteiger partial charge in [-0.1, -0.05) is 0 Å². The van der Waals surface area contributed by atoms with Crippen molar-refractivity contribution in [3.63, 3.8) is 0 Å². The highest BCUT2D eigenvalue weighted by Gasteiger charge is 2.08. The molecule has 0 radical (unpaired) electrons. The van der Waals surface area contributed by atoms with Gasteiger partial charge in [0, 0.05) is 0 Å². The summed E-state index contributed by atoms with van der Waals surface area (Å²) < 4.78 is 5.18. The minimum absolute atomic E-state index is 0.287. The van der Waals surface area contributed by atoms with Crippen molar-refractivity contribution in [3.8, 4) is 5.88 Å². The van der Waals surface area contributed by atoms with Crippen LogP contribution in [0.5, 0.6) is 5.88 Å². The summed E-state index contributed by atoms with van der Waals surface area (Å²) >= 11 is 0. The molecule has 0 amide bonds. The van der Waals surface area contributed by atoms with Crippen molar-refractivity contribution in [2.75, 3.05) is 7.11 Å². The van der Waals surface area contributed by atoms with E-state index >= 15 is 0 Å². The summed E-state index contributed by atoms with van der Waals surface area (Å²) in [5.74, 6) is -0.877. The van der Waals surface area contributed by atoms with Crippen LogP contribution in [0.4, 0.5) is 0 Å². The third-order valence-corrected chi connectivity index (χ3v) is 1.36. The number of methoxy groups -OCH3 is 1. The van der Waals surface area contributed by atoms with Gasteiger partial charge in [-0.2, -0.15) is 0 Å². The Morgan fingerprint density at radius 3 is 2.92 bits per heavy atom. The van der Waals surface area contributed by atoms with Gasteiger partial charge in [0.15, 0.2) is 0 Å². The third-order valence-electron chi connectivity index (χ3n) is 1.36. The Bertz CT molecular complexity index is 338. The molecule has 0 aliphatic rings. The summed E-state index contributed by atoms with van der Waals surface area (Å²) in [5, 5.41) is 9.00. The predicted molar refractivity (Wildman–Crippen MR) is 38.7 cm³/mol. The van der Waals surface area contributed by atoms with Crippen LogP contribution in [0.2, 0.25) is 0 Å². The first-order valence-electron chi connectivity index (χ1n) is 3.19. The van der Waals surface area contributed by atoms with Crippen molar-refractivity contribution < 1.29 is 14.6 Å². The fourth-order valence-corrected chi connectivity index (χ4v) is 0.733. The number of carbonyl (C=O) groups excluding carboxylic acids is 1. The molecule has 0 aliphatic carbocycles. The number of ether oxygens (including phenoxy) is 1. The molecule has 0 saturated heterocycles. The smallest absolute Gasteiger partial charge is 0.328 e. The van der Waals surface area contributed by atoms with Gasteiger partial charge in [-0.15, -0.1) is 0 Å². The Kier molecular flexibility index (Phi) is 2.18. The summed E-state index contributed by atoms with van der Waals surface area (Å²) in [7, 11) is 1.21. The van der Waals surface area contributed by atoms with E-state index < -0.39 is 11.7 Å². The number of carbonyl (C=O) groups is 1. The van der Waals surface area contributed by atoms with Gasteiger partial charge < -0.3 is 14.8 Å². The van der Waals surface area contributed by atoms with Crippen molar-refractivity contribution in [3.05, 3.63) is 16.7 Å². The summed E-state index contributed by atoms with van der Waals surface area (Å²) in [6.45, 7) is -0.287. The van der Waals surface area contributed by atoms with E-state index in [1.54, 1.807) is 0 Å². The fraction of sp³-hybridized carbons (Fsp3) is 0.333. The van der Waals surface area contributed by atoms with Crippen LogP contribution >= 0.6 is 0 Å². The zero-order valence-electron chi connectivity index (χ0n) is 6.40. The van der Waals surface area contributed by atoms with Crippen molar-refractivity contribution in [1.82, 2.24) is 9.55 Å². The number of hydrogen-bond acceptors (Lipinski definition) is 4. The second-order valence-electron chi connectivity index (χ2n) is 2.11. The number of aromatic amines is 1. The Hall–Kier alpha value is -1.72. The molecule has 0 aliphatic heterocycles. The van der Waals surface area contributed by atoms with Crippen LogP contribution in [0.15, 0.2) is 11.0 Å². The minimum Gasteiger partial charge on any atom is -0.493 e. The molecule has 12 heavy (non-hydrogen) atoms. The summed E-state index contributed by atoms with van der Waals surface area (Å²) in [6.07, 6.45) is 1.10. The first-order valence-corrected chi connectivity index (χ1v) is 3.19. The Labute approximate surface area is 67.4 Å². The third kappa shape index (κ3) is 1.47. The van der Waals surface area contributed by atoms with Gasteiger partial charge >= 0.3 is 11.7 Å². The number of rotatable bonds is 2. The van der Waals surface area contributed by atoms with Crippen LogP contribution in [-0.2, 0) is 16.1 Å². The van der Waals surface area contributed by atoms with Gasteiger partial charge in [0.25, 0.3) is 0 Å². The molecule has 6 nitrogen and oxygen atoms in total. The number of aromatic hydroxyl groups is 1. The number of imidazole rings is 1. The number of hydrogen-bond donors (Lipinski definition) is 2. The van der Waals surface area contributed by atoms with E-state index in [4.69, 9.17) is 5.11 Å². The van der Waals surface area contributed by atoms with Gasteiger partial charge in [0.05, 0.1) is 13.3 Å². The molecule has 0 fully saturated rings. The van der Waals surface area contributed by atoms with E-state index in [2.05, 4.69) is 9.72 Å². The van der Waals surface area contributed by atoms with Crippen LogP contribution in [0, 0.1) is 0 Å². The maximum Gasteiger partial charge on any atom is 0.328 e. The Balaban J connectivity index is 2.88. The maximum absolute atomic E-state index is 10.8. The molecule has 0 atom stereocenters. The predicted octanol–water partition coefficient (Wildman–Crippen LogP) is -0.945. The van der Waals surface area contributed by atoms with E-state index in [0.717, 1.165) is 10.8 Å². The van der Waals surface area contributed by atoms with Crippen molar-refractivity contribution in [2.45, 2.75) is 6.54 Å². The first kappa shape index (κ1) is 8.38. The molecule has 1 rings (SSSR count). The van der Waals surface area contributed by atoms with Crippen molar-refractivity contribution in [1.29, 1.82) is 0 Å². The monoisotopic (exact) mass is 172 g/mol. The summed E-state index contributed by atoms with van der Waals surface area (Å²) in [4.78, 5) is 23.7. The second-order valence-corrected chi connectivity index (χ2v) is 2.11. The Morgan fingerprint density at radius 2 is 2.50 bits per heavy atom. The zero-order valence-corrected chi connectivity index (χ0v) is 6.40. The topological polar surface area (TPSA) is 84.3 Å². The maximum atomic E-state index is 10.8. The molecular weight excluding hydrogens is 164 g/mol. The van der Waals surface area contributed by atoms with Crippen LogP contribution in [0.1, 0.15) is 0 Å². The quantitative estimate of drug-likeness (QED) is 0.563. The number of esters is 1. The van der Waals surface area contributed by atoms with Gasteiger partial charge in [-0.3, -0.25) is 9.36 Å². The molecule has 0 saturated carbocycles. The average molecular weight is 172 g/mol. The van der Waals surface area contributed by atoms with E-state index in [-0.39, 0.29) is 12.4 Å². The molecule has 0 aromatic carbocycles. The van der Waals surface area contributed by atoms with Crippen molar-refractivity contribution >= 4 is 5.97 Å². The lowest BCUT2D eigenvalue weighted by Gasteiger charge is -1.99. The van der Waals surface area contributed by atoms with Gasteiger partial charge in [0.1, 0.15) is 6.54 Å². The van der Waals surface area contributed by atoms with E-state index in [9.17, 15) is 9.59 Å². The fourth-order valence-electron chi connectivity index (χ4n) is 0.733. The zero-order chi connectivity index (χ0) is 9.14. The molecular formula is C6H8N2O4. The van der Waals surface area contributed by atoms with Crippen LogP contribution in [-0.4, -0.2) is 27.7 Å². The molecule has 1 aromatic rings. The molecule has 6 heteroatoms. The van der Waals surface area contributed by atoms with Gasteiger partial charge in [0.2, 0.25) is 5.88 Å². The van der Waals surface area contributed by atoms with Gasteiger partial charge in [-0.25, -0.2) is 4.79 Å². The van der Waals surface area contributed by atoms with Gasteiger partial charge in [-0.05, 0) is 0 Å². The highest BCUT2D eigenvalue weighted by atomic mass is 16.5. The second kappa shape index (κ2) is 3.12.